The molecule has 0 atom stereocenters. The summed E-state index contributed by atoms with van der Waals surface area (Å²) >= 11 is 0. The summed E-state index contributed by atoms with van der Waals surface area (Å²) in [6, 6.07) is 9.06. The van der Waals surface area contributed by atoms with Gasteiger partial charge in [-0.05, 0) is 49.2 Å². The van der Waals surface area contributed by atoms with Crippen LogP contribution in [0.1, 0.15) is 30.6 Å². The molecule has 4 rings (SSSR count). The van der Waals surface area contributed by atoms with E-state index in [0.29, 0.717) is 28.7 Å². The van der Waals surface area contributed by atoms with Gasteiger partial charge >= 0.3 is 0 Å². The van der Waals surface area contributed by atoms with Crippen molar-refractivity contribution < 1.29 is 14.3 Å². The van der Waals surface area contributed by atoms with Gasteiger partial charge in [-0.1, -0.05) is 13.8 Å². The highest BCUT2D eigenvalue weighted by Crippen LogP contribution is 2.32. The predicted molar refractivity (Wildman–Crippen MR) is 113 cm³/mol. The van der Waals surface area contributed by atoms with E-state index in [2.05, 4.69) is 33.9 Å². The third-order valence-electron chi connectivity index (χ3n) is 5.18. The minimum absolute atomic E-state index is 0.192. The van der Waals surface area contributed by atoms with Crippen LogP contribution in [0, 0.1) is 5.92 Å². The Bertz CT molecular complexity index is 854. The topological polar surface area (TPSA) is 66.9 Å². The molecule has 2 aliphatic heterocycles. The Morgan fingerprint density at radius 2 is 1.97 bits per heavy atom. The number of pyridine rings is 1. The van der Waals surface area contributed by atoms with Crippen molar-refractivity contribution in [2.24, 2.45) is 5.92 Å². The van der Waals surface area contributed by atoms with Crippen molar-refractivity contribution in [2.45, 2.75) is 20.3 Å². The summed E-state index contributed by atoms with van der Waals surface area (Å²) in [6.07, 6.45) is 2.86. The largest absolute Gasteiger partial charge is 0.454 e. The summed E-state index contributed by atoms with van der Waals surface area (Å²) in [5, 5.41) is 2.90. The lowest BCUT2D eigenvalue weighted by molar-refractivity contribution is 0.102. The number of anilines is 2. The molecule has 7 nitrogen and oxygen atoms in total. The third-order valence-corrected chi connectivity index (χ3v) is 5.18. The van der Waals surface area contributed by atoms with Crippen molar-refractivity contribution >= 4 is 17.4 Å². The van der Waals surface area contributed by atoms with Gasteiger partial charge < -0.3 is 24.6 Å². The SMILES string of the molecule is CC(C)CN1CCCN(c2ccc(NC(=O)c3ccc4c(c3)OCO4)cn2)CC1. The molecular weight excluding hydrogens is 368 g/mol. The number of hydrogen-bond donors (Lipinski definition) is 1. The zero-order chi connectivity index (χ0) is 20.2. The summed E-state index contributed by atoms with van der Waals surface area (Å²) in [7, 11) is 0. The predicted octanol–water partition coefficient (Wildman–Crippen LogP) is 3.23. The van der Waals surface area contributed by atoms with Gasteiger partial charge in [0.1, 0.15) is 5.82 Å². The molecule has 2 aliphatic rings. The molecular formula is C22H28N4O3. The van der Waals surface area contributed by atoms with Gasteiger partial charge in [-0.2, -0.15) is 0 Å². The van der Waals surface area contributed by atoms with Gasteiger partial charge in [0.05, 0.1) is 11.9 Å². The summed E-state index contributed by atoms with van der Waals surface area (Å²) in [5.41, 5.74) is 1.20. The fourth-order valence-corrected chi connectivity index (χ4v) is 3.79. The molecule has 0 spiro atoms. The van der Waals surface area contributed by atoms with Crippen molar-refractivity contribution in [3.05, 3.63) is 42.1 Å². The molecule has 1 aromatic carbocycles. The molecule has 3 heterocycles. The van der Waals surface area contributed by atoms with Gasteiger partial charge in [0.25, 0.3) is 5.91 Å². The quantitative estimate of drug-likeness (QED) is 0.837. The number of aromatic nitrogens is 1. The van der Waals surface area contributed by atoms with Crippen LogP contribution >= 0.6 is 0 Å². The lowest BCUT2D eigenvalue weighted by atomic mass is 10.2. The number of nitrogens with zero attached hydrogens (tertiary/aromatic N) is 3. The zero-order valence-corrected chi connectivity index (χ0v) is 17.1. The second-order valence-corrected chi connectivity index (χ2v) is 7.96. The van der Waals surface area contributed by atoms with E-state index in [4.69, 9.17) is 9.47 Å². The molecule has 1 saturated heterocycles. The highest BCUT2D eigenvalue weighted by atomic mass is 16.7. The van der Waals surface area contributed by atoms with Crippen LogP contribution in [0.5, 0.6) is 11.5 Å². The summed E-state index contributed by atoms with van der Waals surface area (Å²) < 4.78 is 10.6. The summed E-state index contributed by atoms with van der Waals surface area (Å²) in [6.45, 7) is 10.0. The van der Waals surface area contributed by atoms with Gasteiger partial charge in [-0.25, -0.2) is 4.98 Å². The van der Waals surface area contributed by atoms with Crippen LogP contribution in [-0.4, -0.2) is 55.3 Å². The monoisotopic (exact) mass is 396 g/mol. The maximum absolute atomic E-state index is 12.5. The first-order valence-electron chi connectivity index (χ1n) is 10.2. The van der Waals surface area contributed by atoms with E-state index in [1.165, 1.54) is 0 Å². The Kier molecular flexibility index (Phi) is 5.85. The van der Waals surface area contributed by atoms with Crippen LogP contribution in [0.25, 0.3) is 0 Å². The molecule has 7 heteroatoms. The molecule has 29 heavy (non-hydrogen) atoms. The zero-order valence-electron chi connectivity index (χ0n) is 17.1. The number of rotatable bonds is 5. The van der Waals surface area contributed by atoms with Crippen LogP contribution in [0.3, 0.4) is 0 Å². The second kappa shape index (κ2) is 8.69. The first-order chi connectivity index (χ1) is 14.1. The smallest absolute Gasteiger partial charge is 0.255 e. The first kappa shape index (κ1) is 19.5. The molecule has 0 radical (unpaired) electrons. The van der Waals surface area contributed by atoms with E-state index in [-0.39, 0.29) is 12.7 Å². The molecule has 1 fully saturated rings. The van der Waals surface area contributed by atoms with Crippen molar-refractivity contribution in [2.75, 3.05) is 49.7 Å². The standard InChI is InChI=1S/C22H28N4O3/c1-16(2)14-25-8-3-9-26(11-10-25)21-7-5-18(13-23-21)24-22(27)17-4-6-19-20(12-17)29-15-28-19/h4-7,12-13,16H,3,8-11,14-15H2,1-2H3,(H,24,27). The molecule has 0 aliphatic carbocycles. The summed E-state index contributed by atoms with van der Waals surface area (Å²) in [4.78, 5) is 22.0. The number of fused-ring (bicyclic) bond motifs is 1. The number of carbonyl (C=O) groups is 1. The molecule has 1 N–H and O–H groups in total. The van der Waals surface area contributed by atoms with E-state index < -0.39 is 0 Å². The molecule has 154 valence electrons. The lowest BCUT2D eigenvalue weighted by Crippen LogP contribution is -2.33. The minimum atomic E-state index is -0.197. The highest BCUT2D eigenvalue weighted by Gasteiger charge is 2.18. The van der Waals surface area contributed by atoms with Crippen molar-refractivity contribution in [3.63, 3.8) is 0 Å². The molecule has 1 aromatic heterocycles. The van der Waals surface area contributed by atoms with Crippen LogP contribution in [-0.2, 0) is 0 Å². The molecule has 1 amide bonds. The van der Waals surface area contributed by atoms with E-state index in [0.717, 1.165) is 45.0 Å². The molecule has 0 saturated carbocycles. The van der Waals surface area contributed by atoms with Crippen LogP contribution in [0.4, 0.5) is 11.5 Å². The van der Waals surface area contributed by atoms with E-state index in [9.17, 15) is 4.79 Å². The Labute approximate surface area is 171 Å². The van der Waals surface area contributed by atoms with Crippen molar-refractivity contribution in [1.82, 2.24) is 9.88 Å². The normalized spacial score (nSPS) is 16.7. The number of ether oxygens (including phenoxy) is 2. The van der Waals surface area contributed by atoms with Crippen molar-refractivity contribution in [3.8, 4) is 11.5 Å². The number of nitrogens with one attached hydrogen (secondary N) is 1. The Morgan fingerprint density at radius 3 is 2.76 bits per heavy atom. The molecule has 0 bridgehead atoms. The second-order valence-electron chi connectivity index (χ2n) is 7.96. The van der Waals surface area contributed by atoms with Gasteiger partial charge in [0.2, 0.25) is 6.79 Å². The third kappa shape index (κ3) is 4.79. The Hall–Kier alpha value is -2.80. The lowest BCUT2D eigenvalue weighted by Gasteiger charge is -2.23. The minimum Gasteiger partial charge on any atom is -0.454 e. The first-order valence-corrected chi connectivity index (χ1v) is 10.2. The van der Waals surface area contributed by atoms with E-state index in [1.807, 2.05) is 12.1 Å². The van der Waals surface area contributed by atoms with Gasteiger partial charge in [0, 0.05) is 31.7 Å². The highest BCUT2D eigenvalue weighted by molar-refractivity contribution is 6.04. The fraction of sp³-hybridized carbons (Fsp3) is 0.455. The number of hydrogen-bond acceptors (Lipinski definition) is 6. The Morgan fingerprint density at radius 1 is 1.10 bits per heavy atom. The average Bonchev–Trinajstić information content (AvgIpc) is 3.06. The number of carbonyl (C=O) groups excluding carboxylic acids is 1. The van der Waals surface area contributed by atoms with E-state index >= 15 is 0 Å². The fourth-order valence-electron chi connectivity index (χ4n) is 3.79. The number of amides is 1. The van der Waals surface area contributed by atoms with Crippen molar-refractivity contribution in [1.29, 1.82) is 0 Å². The number of benzene rings is 1. The molecule has 0 unspecified atom stereocenters. The van der Waals surface area contributed by atoms with Crippen LogP contribution < -0.4 is 19.7 Å². The van der Waals surface area contributed by atoms with Crippen LogP contribution in [0.15, 0.2) is 36.5 Å². The van der Waals surface area contributed by atoms with Gasteiger partial charge in [-0.15, -0.1) is 0 Å². The Balaban J connectivity index is 1.36. The van der Waals surface area contributed by atoms with Gasteiger partial charge in [-0.3, -0.25) is 4.79 Å². The average molecular weight is 396 g/mol. The van der Waals surface area contributed by atoms with Crippen LogP contribution in [0.2, 0.25) is 0 Å². The maximum atomic E-state index is 12.5. The van der Waals surface area contributed by atoms with Gasteiger partial charge in [0.15, 0.2) is 11.5 Å². The van der Waals surface area contributed by atoms with E-state index in [1.54, 1.807) is 24.4 Å². The molecule has 2 aromatic rings. The summed E-state index contributed by atoms with van der Waals surface area (Å²) in [5.74, 6) is 2.71. The maximum Gasteiger partial charge on any atom is 0.255 e.